The standard InChI is InChI=1S/C15H11N3O/c19-13-9-8-11-5-1-2-6-12(11)15(13)18-17-14-7-3-4-10-16-14/h1-10H,(H,16,17)/b18-15-. The molecular weight excluding hydrogens is 238 g/mol. The third kappa shape index (κ3) is 2.28. The van der Waals surface area contributed by atoms with E-state index in [4.69, 9.17) is 0 Å². The third-order valence-corrected chi connectivity index (χ3v) is 2.81. The van der Waals surface area contributed by atoms with Crippen LogP contribution in [0.5, 0.6) is 0 Å². The predicted molar refractivity (Wildman–Crippen MR) is 74.9 cm³/mol. The van der Waals surface area contributed by atoms with Gasteiger partial charge >= 0.3 is 0 Å². The molecule has 1 aromatic carbocycles. The molecule has 0 spiro atoms. The van der Waals surface area contributed by atoms with Crippen molar-refractivity contribution in [3.05, 3.63) is 65.9 Å². The summed E-state index contributed by atoms with van der Waals surface area (Å²) in [6, 6.07) is 13.1. The highest BCUT2D eigenvalue weighted by molar-refractivity contribution is 6.52. The van der Waals surface area contributed by atoms with Crippen LogP contribution < -0.4 is 5.43 Å². The lowest BCUT2D eigenvalue weighted by Crippen LogP contribution is -2.19. The molecule has 1 heterocycles. The van der Waals surface area contributed by atoms with Gasteiger partial charge in [0.15, 0.2) is 0 Å². The third-order valence-electron chi connectivity index (χ3n) is 2.81. The number of anilines is 1. The van der Waals surface area contributed by atoms with Crippen LogP contribution in [0, 0.1) is 0 Å². The molecule has 0 atom stereocenters. The number of carbonyl (C=O) groups excluding carboxylic acids is 1. The highest BCUT2D eigenvalue weighted by Gasteiger charge is 2.18. The summed E-state index contributed by atoms with van der Waals surface area (Å²) in [7, 11) is 0. The first-order chi connectivity index (χ1) is 9.34. The number of benzene rings is 1. The van der Waals surface area contributed by atoms with E-state index in [-0.39, 0.29) is 5.78 Å². The molecule has 4 heteroatoms. The Labute approximate surface area is 110 Å². The molecule has 0 unspecified atom stereocenters. The first kappa shape index (κ1) is 11.3. The van der Waals surface area contributed by atoms with Crippen LogP contribution in [0.25, 0.3) is 6.08 Å². The zero-order valence-corrected chi connectivity index (χ0v) is 10.1. The van der Waals surface area contributed by atoms with Gasteiger partial charge in [0.05, 0.1) is 0 Å². The number of allylic oxidation sites excluding steroid dienone is 1. The van der Waals surface area contributed by atoms with Crippen molar-refractivity contribution in [2.24, 2.45) is 5.10 Å². The maximum absolute atomic E-state index is 11.9. The average Bonchev–Trinajstić information content (AvgIpc) is 2.47. The van der Waals surface area contributed by atoms with Crippen molar-refractivity contribution in [3.8, 4) is 0 Å². The van der Waals surface area contributed by atoms with Gasteiger partial charge in [-0.1, -0.05) is 36.4 Å². The number of aromatic nitrogens is 1. The maximum Gasteiger partial charge on any atom is 0.206 e. The molecule has 92 valence electrons. The number of ketones is 1. The van der Waals surface area contributed by atoms with Crippen LogP contribution in [0.1, 0.15) is 11.1 Å². The van der Waals surface area contributed by atoms with Gasteiger partial charge in [-0.2, -0.15) is 5.10 Å². The first-order valence-electron chi connectivity index (χ1n) is 5.91. The van der Waals surface area contributed by atoms with Crippen molar-refractivity contribution in [3.63, 3.8) is 0 Å². The predicted octanol–water partition coefficient (Wildman–Crippen LogP) is 2.49. The fourth-order valence-electron chi connectivity index (χ4n) is 1.89. The summed E-state index contributed by atoms with van der Waals surface area (Å²) < 4.78 is 0. The number of carbonyl (C=O) groups is 1. The van der Waals surface area contributed by atoms with Crippen molar-refractivity contribution in [1.82, 2.24) is 4.98 Å². The van der Waals surface area contributed by atoms with Crippen molar-refractivity contribution in [2.45, 2.75) is 0 Å². The lowest BCUT2D eigenvalue weighted by Gasteiger charge is -2.11. The Hall–Kier alpha value is -2.75. The number of nitrogens with zero attached hydrogens (tertiary/aromatic N) is 2. The second kappa shape index (κ2) is 4.86. The van der Waals surface area contributed by atoms with Crippen LogP contribution in [0.4, 0.5) is 5.82 Å². The van der Waals surface area contributed by atoms with Gasteiger partial charge in [-0.25, -0.2) is 4.98 Å². The van der Waals surface area contributed by atoms with Gasteiger partial charge in [-0.05, 0) is 23.8 Å². The average molecular weight is 249 g/mol. The van der Waals surface area contributed by atoms with E-state index in [1.54, 1.807) is 18.3 Å². The van der Waals surface area contributed by atoms with E-state index in [0.717, 1.165) is 11.1 Å². The van der Waals surface area contributed by atoms with E-state index in [1.807, 2.05) is 36.4 Å². The van der Waals surface area contributed by atoms with Gasteiger partial charge in [0.25, 0.3) is 0 Å². The Morgan fingerprint density at radius 1 is 1.00 bits per heavy atom. The molecule has 2 aromatic rings. The molecule has 19 heavy (non-hydrogen) atoms. The number of hydrogen-bond donors (Lipinski definition) is 1. The van der Waals surface area contributed by atoms with Crippen molar-refractivity contribution >= 4 is 23.4 Å². The molecule has 0 saturated carbocycles. The van der Waals surface area contributed by atoms with Crippen LogP contribution in [-0.4, -0.2) is 16.5 Å². The quantitative estimate of drug-likeness (QED) is 0.832. The van der Waals surface area contributed by atoms with Gasteiger partial charge in [-0.3, -0.25) is 10.2 Å². The summed E-state index contributed by atoms with van der Waals surface area (Å²) in [5.74, 6) is 0.497. The summed E-state index contributed by atoms with van der Waals surface area (Å²) in [4.78, 5) is 16.0. The Kier molecular flexibility index (Phi) is 2.90. The van der Waals surface area contributed by atoms with Crippen LogP contribution in [0.2, 0.25) is 0 Å². The number of pyridine rings is 1. The maximum atomic E-state index is 11.9. The first-order valence-corrected chi connectivity index (χ1v) is 5.91. The van der Waals surface area contributed by atoms with Crippen molar-refractivity contribution in [1.29, 1.82) is 0 Å². The van der Waals surface area contributed by atoms with Crippen molar-refractivity contribution in [2.75, 3.05) is 5.43 Å². The van der Waals surface area contributed by atoms with E-state index in [2.05, 4.69) is 15.5 Å². The van der Waals surface area contributed by atoms with E-state index in [0.29, 0.717) is 11.5 Å². The van der Waals surface area contributed by atoms with Crippen LogP contribution >= 0.6 is 0 Å². The van der Waals surface area contributed by atoms with Gasteiger partial charge in [0.1, 0.15) is 11.5 Å². The molecule has 0 fully saturated rings. The minimum atomic E-state index is -0.109. The Balaban J connectivity index is 1.96. The number of fused-ring (bicyclic) bond motifs is 1. The monoisotopic (exact) mass is 249 g/mol. The summed E-state index contributed by atoms with van der Waals surface area (Å²) in [6.07, 6.45) is 5.00. The van der Waals surface area contributed by atoms with Crippen LogP contribution in [-0.2, 0) is 4.79 Å². The molecule has 4 nitrogen and oxygen atoms in total. The molecule has 1 aliphatic carbocycles. The Morgan fingerprint density at radius 2 is 1.84 bits per heavy atom. The fourth-order valence-corrected chi connectivity index (χ4v) is 1.89. The number of rotatable bonds is 2. The minimum absolute atomic E-state index is 0.109. The largest absolute Gasteiger partial charge is 0.287 e. The zero-order valence-electron chi connectivity index (χ0n) is 10.1. The van der Waals surface area contributed by atoms with Gasteiger partial charge in [0.2, 0.25) is 5.78 Å². The second-order valence-electron chi connectivity index (χ2n) is 4.07. The topological polar surface area (TPSA) is 54.4 Å². The van der Waals surface area contributed by atoms with E-state index in [1.165, 1.54) is 6.08 Å². The van der Waals surface area contributed by atoms with Gasteiger partial charge in [0, 0.05) is 11.8 Å². The smallest absolute Gasteiger partial charge is 0.206 e. The Morgan fingerprint density at radius 3 is 2.68 bits per heavy atom. The highest BCUT2D eigenvalue weighted by Crippen LogP contribution is 2.17. The van der Waals surface area contributed by atoms with Gasteiger partial charge in [-0.15, -0.1) is 0 Å². The van der Waals surface area contributed by atoms with Crippen molar-refractivity contribution < 1.29 is 4.79 Å². The molecule has 3 rings (SSSR count). The second-order valence-corrected chi connectivity index (χ2v) is 4.07. The molecule has 0 saturated heterocycles. The molecule has 0 aliphatic heterocycles. The summed E-state index contributed by atoms with van der Waals surface area (Å²) in [5.41, 5.74) is 5.04. The van der Waals surface area contributed by atoms with E-state index >= 15 is 0 Å². The SMILES string of the molecule is O=C1C=Cc2ccccc2/C1=N/Nc1ccccn1. The highest BCUT2D eigenvalue weighted by atomic mass is 16.1. The van der Waals surface area contributed by atoms with Crippen LogP contribution in [0.3, 0.4) is 0 Å². The molecule has 1 N–H and O–H groups in total. The lowest BCUT2D eigenvalue weighted by atomic mass is 9.95. The number of hydrogen-bond acceptors (Lipinski definition) is 4. The summed E-state index contributed by atoms with van der Waals surface area (Å²) in [6.45, 7) is 0. The molecular formula is C15H11N3O. The molecule has 1 aromatic heterocycles. The van der Waals surface area contributed by atoms with E-state index < -0.39 is 0 Å². The molecule has 0 radical (unpaired) electrons. The van der Waals surface area contributed by atoms with E-state index in [9.17, 15) is 4.79 Å². The summed E-state index contributed by atoms with van der Waals surface area (Å²) >= 11 is 0. The number of nitrogens with one attached hydrogen (secondary N) is 1. The normalized spacial score (nSPS) is 15.4. The minimum Gasteiger partial charge on any atom is -0.287 e. The fraction of sp³-hybridized carbons (Fsp3) is 0. The Bertz CT molecular complexity index is 675. The van der Waals surface area contributed by atoms with Gasteiger partial charge < -0.3 is 0 Å². The van der Waals surface area contributed by atoms with Crippen LogP contribution in [0.15, 0.2) is 59.8 Å². The summed E-state index contributed by atoms with van der Waals surface area (Å²) in [5, 5.41) is 4.18. The molecule has 0 bridgehead atoms. The molecule has 1 aliphatic rings. The lowest BCUT2D eigenvalue weighted by molar-refractivity contribution is -0.108. The number of hydrazone groups is 1. The molecule has 0 amide bonds. The zero-order chi connectivity index (χ0) is 13.1.